The zero-order valence-electron chi connectivity index (χ0n) is 27.7. The molecule has 1 saturated heterocycles. The van der Waals surface area contributed by atoms with E-state index in [9.17, 15) is 9.59 Å². The van der Waals surface area contributed by atoms with Gasteiger partial charge in [0.1, 0.15) is 17.1 Å². The molecule has 3 aromatic carbocycles. The van der Waals surface area contributed by atoms with E-state index in [2.05, 4.69) is 39.8 Å². The molecule has 3 aromatic rings. The van der Waals surface area contributed by atoms with Gasteiger partial charge < -0.3 is 19.4 Å². The second kappa shape index (κ2) is 13.2. The third-order valence-electron chi connectivity index (χ3n) is 8.77. The van der Waals surface area contributed by atoms with Gasteiger partial charge in [0, 0.05) is 50.3 Å². The largest absolute Gasteiger partial charge is 0.493 e. The highest BCUT2D eigenvalue weighted by atomic mass is 35.5. The topological polar surface area (TPSA) is 68.7 Å². The number of amidine groups is 1. The summed E-state index contributed by atoms with van der Waals surface area (Å²) in [5, 5.41) is 1.22. The molecular weight excluding hydrogens is 621 g/mol. The van der Waals surface area contributed by atoms with E-state index in [1.165, 1.54) is 0 Å². The molecule has 1 fully saturated rings. The Hall–Kier alpha value is -3.75. The number of hydrogen-bond donors (Lipinski definition) is 0. The Balaban J connectivity index is 1.68. The zero-order chi connectivity index (χ0) is 33.4. The number of aliphatic imine (C=N–C) groups is 1. The molecular formula is C36H43Cl2N5O3. The van der Waals surface area contributed by atoms with Crippen molar-refractivity contribution in [2.24, 2.45) is 4.99 Å². The standard InChI is InChI=1S/C36H43Cl2N5O3/c1-8-46-30-23-26(35(2,3)4)13-18-29(30)32-39-36(5,25-11-16-28(38)17-12-25)31(24-9-14-27(37)15-10-24)43(32)34(45)42-21-19-41(20-22-42)33(44)40(6)7/h9-18,23,31H,8,19-22H2,1-7H3/t31-,36-/m0/s1. The van der Waals surface area contributed by atoms with Crippen molar-refractivity contribution in [2.75, 3.05) is 46.9 Å². The van der Waals surface area contributed by atoms with Gasteiger partial charge in [-0.05, 0) is 72.4 Å². The van der Waals surface area contributed by atoms with Crippen LogP contribution in [-0.4, -0.2) is 84.4 Å². The SMILES string of the molecule is CCOc1cc(C(C)(C)C)ccc1C1=N[C@@](C)(c2ccc(Cl)cc2)[C@H](c2ccc(Cl)cc2)N1C(=O)N1CCN(C(=O)N(C)C)CC1. The van der Waals surface area contributed by atoms with Gasteiger partial charge in [0.15, 0.2) is 0 Å². The minimum Gasteiger partial charge on any atom is -0.493 e. The monoisotopic (exact) mass is 663 g/mol. The lowest BCUT2D eigenvalue weighted by molar-refractivity contribution is 0.112. The van der Waals surface area contributed by atoms with E-state index in [1.807, 2.05) is 71.3 Å². The Bertz CT molecular complexity index is 1610. The number of halogens is 2. The minimum atomic E-state index is -0.891. The average molecular weight is 665 g/mol. The van der Waals surface area contributed by atoms with Crippen molar-refractivity contribution in [3.05, 3.63) is 99.0 Å². The van der Waals surface area contributed by atoms with E-state index in [4.69, 9.17) is 32.9 Å². The molecule has 2 atom stereocenters. The predicted octanol–water partition coefficient (Wildman–Crippen LogP) is 7.83. The lowest BCUT2D eigenvalue weighted by Gasteiger charge is -2.41. The number of ether oxygens (including phenoxy) is 1. The van der Waals surface area contributed by atoms with E-state index >= 15 is 0 Å². The van der Waals surface area contributed by atoms with Crippen molar-refractivity contribution in [2.45, 2.75) is 51.6 Å². The zero-order valence-corrected chi connectivity index (χ0v) is 29.2. The van der Waals surface area contributed by atoms with Gasteiger partial charge in [0.2, 0.25) is 0 Å². The Morgan fingerprint density at radius 2 is 1.48 bits per heavy atom. The van der Waals surface area contributed by atoms with Crippen LogP contribution in [-0.2, 0) is 11.0 Å². The Morgan fingerprint density at radius 1 is 0.913 bits per heavy atom. The van der Waals surface area contributed by atoms with Gasteiger partial charge in [-0.3, -0.25) is 9.89 Å². The molecule has 5 rings (SSSR count). The van der Waals surface area contributed by atoms with Gasteiger partial charge in [-0.15, -0.1) is 0 Å². The van der Waals surface area contributed by atoms with Crippen LogP contribution in [0.4, 0.5) is 9.59 Å². The lowest BCUT2D eigenvalue weighted by Crippen LogP contribution is -2.56. The van der Waals surface area contributed by atoms with Crippen LogP contribution in [0.1, 0.15) is 62.9 Å². The van der Waals surface area contributed by atoms with E-state index < -0.39 is 11.6 Å². The molecule has 0 unspecified atom stereocenters. The Kier molecular flexibility index (Phi) is 9.62. The maximum Gasteiger partial charge on any atom is 0.326 e. The molecule has 0 aromatic heterocycles. The number of nitrogens with zero attached hydrogens (tertiary/aromatic N) is 5. The Morgan fingerprint density at radius 3 is 2.02 bits per heavy atom. The first-order valence-corrected chi connectivity index (χ1v) is 16.4. The lowest BCUT2D eigenvalue weighted by atomic mass is 9.81. The fourth-order valence-electron chi connectivity index (χ4n) is 6.20. The molecule has 2 heterocycles. The second-order valence-electron chi connectivity index (χ2n) is 13.2. The first-order valence-electron chi connectivity index (χ1n) is 15.7. The van der Waals surface area contributed by atoms with Crippen LogP contribution in [0.5, 0.6) is 5.75 Å². The van der Waals surface area contributed by atoms with Crippen LogP contribution in [0, 0.1) is 0 Å². The van der Waals surface area contributed by atoms with Crippen molar-refractivity contribution in [1.29, 1.82) is 0 Å². The van der Waals surface area contributed by atoms with Crippen molar-refractivity contribution >= 4 is 41.1 Å². The molecule has 0 saturated carbocycles. The summed E-state index contributed by atoms with van der Waals surface area (Å²) in [5.74, 6) is 1.20. The summed E-state index contributed by atoms with van der Waals surface area (Å²) >= 11 is 12.7. The van der Waals surface area contributed by atoms with Crippen molar-refractivity contribution in [3.63, 3.8) is 0 Å². The van der Waals surface area contributed by atoms with E-state index in [0.717, 1.165) is 22.3 Å². The number of urea groups is 2. The van der Waals surface area contributed by atoms with Gasteiger partial charge in [0.25, 0.3) is 0 Å². The molecule has 0 bridgehead atoms. The normalized spacial score (nSPS) is 20.1. The number of carbonyl (C=O) groups excluding carboxylic acids is 2. The molecule has 0 spiro atoms. The molecule has 2 aliphatic heterocycles. The fraction of sp³-hybridized carbons (Fsp3) is 0.417. The number of benzene rings is 3. The predicted molar refractivity (Wildman–Crippen MR) is 185 cm³/mol. The highest BCUT2D eigenvalue weighted by Gasteiger charge is 2.52. The van der Waals surface area contributed by atoms with Crippen molar-refractivity contribution in [3.8, 4) is 5.75 Å². The van der Waals surface area contributed by atoms with Gasteiger partial charge >= 0.3 is 12.1 Å². The van der Waals surface area contributed by atoms with Gasteiger partial charge in [0.05, 0.1) is 18.2 Å². The molecule has 2 aliphatic rings. The Labute approximate surface area is 282 Å². The molecule has 0 N–H and O–H groups in total. The summed E-state index contributed by atoms with van der Waals surface area (Å²) < 4.78 is 6.25. The summed E-state index contributed by atoms with van der Waals surface area (Å²) in [7, 11) is 3.48. The maximum absolute atomic E-state index is 14.9. The quantitative estimate of drug-likeness (QED) is 0.279. The first-order chi connectivity index (χ1) is 21.7. The number of hydrogen-bond acceptors (Lipinski definition) is 4. The maximum atomic E-state index is 14.9. The van der Waals surface area contributed by atoms with E-state index in [-0.39, 0.29) is 17.5 Å². The molecule has 10 heteroatoms. The number of rotatable bonds is 5. The third kappa shape index (κ3) is 6.56. The molecule has 46 heavy (non-hydrogen) atoms. The van der Waals surface area contributed by atoms with Crippen LogP contribution >= 0.6 is 23.2 Å². The second-order valence-corrected chi connectivity index (χ2v) is 14.1. The number of piperazine rings is 1. The molecule has 0 radical (unpaired) electrons. The fourth-order valence-corrected chi connectivity index (χ4v) is 6.45. The highest BCUT2D eigenvalue weighted by molar-refractivity contribution is 6.30. The third-order valence-corrected chi connectivity index (χ3v) is 9.27. The summed E-state index contributed by atoms with van der Waals surface area (Å²) in [4.78, 5) is 40.0. The number of amides is 4. The molecule has 0 aliphatic carbocycles. The summed E-state index contributed by atoms with van der Waals surface area (Å²) in [5.41, 5.74) is 2.66. The summed E-state index contributed by atoms with van der Waals surface area (Å²) in [6.45, 7) is 12.6. The first kappa shape index (κ1) is 33.6. The van der Waals surface area contributed by atoms with Crippen LogP contribution in [0.15, 0.2) is 71.7 Å². The van der Waals surface area contributed by atoms with Crippen LogP contribution in [0.3, 0.4) is 0 Å². The van der Waals surface area contributed by atoms with Gasteiger partial charge in [-0.2, -0.15) is 0 Å². The van der Waals surface area contributed by atoms with E-state index in [0.29, 0.717) is 54.4 Å². The van der Waals surface area contributed by atoms with E-state index in [1.54, 1.807) is 23.9 Å². The average Bonchev–Trinajstić information content (AvgIpc) is 3.34. The van der Waals surface area contributed by atoms with Gasteiger partial charge in [-0.25, -0.2) is 9.59 Å². The minimum absolute atomic E-state index is 0.0647. The van der Waals surface area contributed by atoms with Crippen molar-refractivity contribution in [1.82, 2.24) is 19.6 Å². The smallest absolute Gasteiger partial charge is 0.326 e. The van der Waals surface area contributed by atoms with Crippen LogP contribution in [0.2, 0.25) is 10.0 Å². The molecule has 244 valence electrons. The van der Waals surface area contributed by atoms with Crippen LogP contribution < -0.4 is 4.74 Å². The molecule has 8 nitrogen and oxygen atoms in total. The highest BCUT2D eigenvalue weighted by Crippen LogP contribution is 2.50. The van der Waals surface area contributed by atoms with Crippen LogP contribution in [0.25, 0.3) is 0 Å². The summed E-state index contributed by atoms with van der Waals surface area (Å²) in [6.07, 6.45) is 0. The van der Waals surface area contributed by atoms with Gasteiger partial charge in [-0.1, -0.05) is 74.3 Å². The van der Waals surface area contributed by atoms with Crippen molar-refractivity contribution < 1.29 is 14.3 Å². The molecule has 4 amide bonds. The number of carbonyl (C=O) groups is 2. The summed E-state index contributed by atoms with van der Waals surface area (Å²) in [6, 6.07) is 20.6.